The molecule has 7 nitrogen and oxygen atoms in total. The zero-order valence-corrected chi connectivity index (χ0v) is 18.2. The predicted molar refractivity (Wildman–Crippen MR) is 119 cm³/mol. The summed E-state index contributed by atoms with van der Waals surface area (Å²) in [5, 5.41) is 1.04. The molecule has 1 aliphatic heterocycles. The summed E-state index contributed by atoms with van der Waals surface area (Å²) < 4.78 is 5.36. The second kappa shape index (κ2) is 9.71. The summed E-state index contributed by atoms with van der Waals surface area (Å²) in [6.07, 6.45) is 2.82. The van der Waals surface area contributed by atoms with E-state index in [2.05, 4.69) is 28.9 Å². The third-order valence-corrected chi connectivity index (χ3v) is 6.18. The van der Waals surface area contributed by atoms with Crippen LogP contribution in [-0.4, -0.2) is 85.2 Å². The monoisotopic (exact) mass is 411 g/mol. The molecular weight excluding hydrogens is 378 g/mol. The van der Waals surface area contributed by atoms with Gasteiger partial charge in [0.25, 0.3) is 0 Å². The van der Waals surface area contributed by atoms with Crippen molar-refractivity contribution in [3.05, 3.63) is 30.1 Å². The Balaban J connectivity index is 1.51. The fourth-order valence-electron chi connectivity index (χ4n) is 4.07. The number of anilines is 1. The number of para-hydroxylation sites is 1. The lowest BCUT2D eigenvalue weighted by atomic mass is 10.2. The van der Waals surface area contributed by atoms with Crippen molar-refractivity contribution in [3.8, 4) is 0 Å². The van der Waals surface area contributed by atoms with Gasteiger partial charge in [-0.3, -0.25) is 4.79 Å². The molecule has 0 atom stereocenters. The summed E-state index contributed by atoms with van der Waals surface area (Å²) in [4.78, 5) is 29.2. The molecule has 0 unspecified atom stereocenters. The van der Waals surface area contributed by atoms with Crippen molar-refractivity contribution in [2.24, 2.45) is 0 Å². The van der Waals surface area contributed by atoms with Crippen LogP contribution in [0.4, 0.5) is 5.82 Å². The Morgan fingerprint density at radius 3 is 2.60 bits per heavy atom. The van der Waals surface area contributed by atoms with E-state index >= 15 is 0 Å². The van der Waals surface area contributed by atoms with Gasteiger partial charge in [0.2, 0.25) is 5.91 Å². The van der Waals surface area contributed by atoms with Gasteiger partial charge in [-0.1, -0.05) is 19.1 Å². The van der Waals surface area contributed by atoms with Gasteiger partial charge < -0.3 is 19.4 Å². The topological polar surface area (TPSA) is 61.8 Å². The number of ether oxygens (including phenoxy) is 1. The number of carbonyl (C=O) groups excluding carboxylic acids is 1. The molecule has 0 radical (unpaired) electrons. The lowest BCUT2D eigenvalue weighted by Crippen LogP contribution is -2.49. The molecule has 1 amide bonds. The van der Waals surface area contributed by atoms with E-state index in [0.717, 1.165) is 68.1 Å². The van der Waals surface area contributed by atoms with E-state index in [0.29, 0.717) is 32.0 Å². The Bertz CT molecular complexity index is 862. The number of piperazine rings is 1. The minimum Gasteiger partial charge on any atom is -0.383 e. The van der Waals surface area contributed by atoms with Crippen molar-refractivity contribution in [2.45, 2.75) is 32.1 Å². The summed E-state index contributed by atoms with van der Waals surface area (Å²) in [7, 11) is 1.71. The first-order chi connectivity index (χ1) is 14.7. The first kappa shape index (κ1) is 21.0. The molecule has 4 rings (SSSR count). The Labute approximate surface area is 179 Å². The standard InChI is InChI=1S/C23H33N5O2/c1-3-26-12-14-27(15-13-26)21(29)10-11-28(16-17-30-2)23-19-6-4-5-7-20(19)24-22(25-23)18-8-9-18/h4-7,18H,3,8-17H2,1-2H3. The fourth-order valence-corrected chi connectivity index (χ4v) is 4.07. The first-order valence-corrected chi connectivity index (χ1v) is 11.2. The van der Waals surface area contributed by atoms with Crippen LogP contribution in [0.15, 0.2) is 24.3 Å². The number of hydrogen-bond donors (Lipinski definition) is 0. The Morgan fingerprint density at radius 1 is 1.13 bits per heavy atom. The van der Waals surface area contributed by atoms with Crippen LogP contribution in [0.3, 0.4) is 0 Å². The quantitative estimate of drug-likeness (QED) is 0.632. The molecule has 2 aliphatic rings. The molecule has 1 aromatic heterocycles. The molecule has 162 valence electrons. The molecule has 1 aromatic carbocycles. The highest BCUT2D eigenvalue weighted by atomic mass is 16.5. The maximum atomic E-state index is 12.9. The Kier molecular flexibility index (Phi) is 6.79. The summed E-state index contributed by atoms with van der Waals surface area (Å²) in [6.45, 7) is 8.76. The molecule has 2 aromatic rings. The number of rotatable bonds is 9. The Morgan fingerprint density at radius 2 is 1.90 bits per heavy atom. The number of carbonyl (C=O) groups is 1. The number of methoxy groups -OCH3 is 1. The zero-order chi connectivity index (χ0) is 20.9. The number of aromatic nitrogens is 2. The third-order valence-electron chi connectivity index (χ3n) is 6.18. The van der Waals surface area contributed by atoms with Gasteiger partial charge in [0.1, 0.15) is 11.6 Å². The van der Waals surface area contributed by atoms with Crippen LogP contribution in [0.1, 0.15) is 37.9 Å². The molecule has 1 aliphatic carbocycles. The maximum Gasteiger partial charge on any atom is 0.224 e. The molecule has 0 spiro atoms. The van der Waals surface area contributed by atoms with Crippen molar-refractivity contribution in [1.82, 2.24) is 19.8 Å². The van der Waals surface area contributed by atoms with E-state index in [9.17, 15) is 4.79 Å². The van der Waals surface area contributed by atoms with E-state index in [1.54, 1.807) is 7.11 Å². The van der Waals surface area contributed by atoms with Crippen LogP contribution in [0.5, 0.6) is 0 Å². The van der Waals surface area contributed by atoms with Gasteiger partial charge in [-0.05, 0) is 31.5 Å². The lowest BCUT2D eigenvalue weighted by molar-refractivity contribution is -0.132. The molecule has 2 heterocycles. The molecule has 1 saturated carbocycles. The summed E-state index contributed by atoms with van der Waals surface area (Å²) >= 11 is 0. The Hall–Kier alpha value is -2.25. The average Bonchev–Trinajstić information content (AvgIpc) is 3.64. The number of hydrogen-bond acceptors (Lipinski definition) is 6. The number of nitrogens with zero attached hydrogens (tertiary/aromatic N) is 5. The van der Waals surface area contributed by atoms with Crippen LogP contribution >= 0.6 is 0 Å². The smallest absolute Gasteiger partial charge is 0.224 e. The predicted octanol–water partition coefficient (Wildman–Crippen LogP) is 2.51. The lowest BCUT2D eigenvalue weighted by Gasteiger charge is -2.34. The molecule has 0 bridgehead atoms. The van der Waals surface area contributed by atoms with Crippen LogP contribution in [-0.2, 0) is 9.53 Å². The van der Waals surface area contributed by atoms with Gasteiger partial charge in [-0.25, -0.2) is 9.97 Å². The molecule has 30 heavy (non-hydrogen) atoms. The van der Waals surface area contributed by atoms with Crippen molar-refractivity contribution < 1.29 is 9.53 Å². The highest BCUT2D eigenvalue weighted by Crippen LogP contribution is 2.39. The minimum absolute atomic E-state index is 0.231. The van der Waals surface area contributed by atoms with Crippen molar-refractivity contribution >= 4 is 22.6 Å². The van der Waals surface area contributed by atoms with Crippen molar-refractivity contribution in [3.63, 3.8) is 0 Å². The fraction of sp³-hybridized carbons (Fsp3) is 0.609. The van der Waals surface area contributed by atoms with E-state index in [1.807, 2.05) is 17.0 Å². The van der Waals surface area contributed by atoms with Crippen molar-refractivity contribution in [1.29, 1.82) is 0 Å². The second-order valence-electron chi connectivity index (χ2n) is 8.24. The van der Waals surface area contributed by atoms with Crippen molar-refractivity contribution in [2.75, 3.05) is 64.4 Å². The third kappa shape index (κ3) is 4.90. The molecule has 1 saturated heterocycles. The minimum atomic E-state index is 0.231. The highest BCUT2D eigenvalue weighted by molar-refractivity contribution is 5.90. The van der Waals surface area contributed by atoms with E-state index in [-0.39, 0.29) is 5.91 Å². The molecule has 2 fully saturated rings. The number of likely N-dealkylation sites (N-methyl/N-ethyl adjacent to an activating group) is 1. The molecule has 7 heteroatoms. The summed E-state index contributed by atoms with van der Waals surface area (Å²) in [5.41, 5.74) is 0.980. The van der Waals surface area contributed by atoms with Crippen LogP contribution in [0.25, 0.3) is 10.9 Å². The van der Waals surface area contributed by atoms with E-state index < -0.39 is 0 Å². The second-order valence-corrected chi connectivity index (χ2v) is 8.24. The number of benzene rings is 1. The SMILES string of the molecule is CCN1CCN(C(=O)CCN(CCOC)c2nc(C3CC3)nc3ccccc23)CC1. The van der Waals surface area contributed by atoms with E-state index in [1.165, 1.54) is 0 Å². The van der Waals surface area contributed by atoms with Gasteiger partial charge in [0, 0.05) is 64.1 Å². The average molecular weight is 412 g/mol. The largest absolute Gasteiger partial charge is 0.383 e. The number of amides is 1. The zero-order valence-electron chi connectivity index (χ0n) is 18.2. The van der Waals surface area contributed by atoms with E-state index in [4.69, 9.17) is 14.7 Å². The summed E-state index contributed by atoms with van der Waals surface area (Å²) in [5.74, 6) is 2.58. The van der Waals surface area contributed by atoms with Crippen LogP contribution in [0.2, 0.25) is 0 Å². The normalized spacial score (nSPS) is 17.5. The van der Waals surface area contributed by atoms with Crippen LogP contribution < -0.4 is 4.90 Å². The molecule has 0 N–H and O–H groups in total. The number of fused-ring (bicyclic) bond motifs is 1. The van der Waals surface area contributed by atoms with Gasteiger partial charge in [0.05, 0.1) is 12.1 Å². The highest BCUT2D eigenvalue weighted by Gasteiger charge is 2.28. The summed E-state index contributed by atoms with van der Waals surface area (Å²) in [6, 6.07) is 8.18. The molecular formula is C23H33N5O2. The van der Waals surface area contributed by atoms with Gasteiger partial charge >= 0.3 is 0 Å². The van der Waals surface area contributed by atoms with Crippen LogP contribution in [0, 0.1) is 0 Å². The van der Waals surface area contributed by atoms with Gasteiger partial charge in [-0.2, -0.15) is 0 Å². The maximum absolute atomic E-state index is 12.9. The van der Waals surface area contributed by atoms with Gasteiger partial charge in [-0.15, -0.1) is 0 Å². The first-order valence-electron chi connectivity index (χ1n) is 11.2. The van der Waals surface area contributed by atoms with Gasteiger partial charge in [0.15, 0.2) is 0 Å².